The molecule has 3 heterocycles. The third-order valence-corrected chi connectivity index (χ3v) is 8.03. The van der Waals surface area contributed by atoms with E-state index >= 15 is 0 Å². The number of fused-ring (bicyclic) bond motifs is 3. The Kier molecular flexibility index (Phi) is 6.36. The van der Waals surface area contributed by atoms with Crippen LogP contribution in [-0.4, -0.2) is 66.7 Å². The van der Waals surface area contributed by atoms with Crippen molar-refractivity contribution in [3.63, 3.8) is 0 Å². The highest BCUT2D eigenvalue weighted by Gasteiger charge is 2.55. The molecule has 0 bridgehead atoms. The Morgan fingerprint density at radius 2 is 1.74 bits per heavy atom. The summed E-state index contributed by atoms with van der Waals surface area (Å²) >= 11 is 0. The molecule has 0 atom stereocenters. The summed E-state index contributed by atoms with van der Waals surface area (Å²) in [7, 11) is 3.40. The predicted octanol–water partition coefficient (Wildman–Crippen LogP) is 4.79. The van der Waals surface area contributed by atoms with Gasteiger partial charge in [0.05, 0.1) is 25.8 Å². The summed E-state index contributed by atoms with van der Waals surface area (Å²) in [6.45, 7) is 9.09. The van der Waals surface area contributed by atoms with Gasteiger partial charge in [0.25, 0.3) is 0 Å². The van der Waals surface area contributed by atoms with E-state index < -0.39 is 0 Å². The van der Waals surface area contributed by atoms with Crippen LogP contribution in [0.5, 0.6) is 5.75 Å². The number of nitrogens with zero attached hydrogens (tertiary/aromatic N) is 3. The average Bonchev–Trinajstić information content (AvgIpc) is 2.97. The van der Waals surface area contributed by atoms with Gasteiger partial charge in [-0.3, -0.25) is 9.80 Å². The highest BCUT2D eigenvalue weighted by Crippen LogP contribution is 2.48. The maximum absolute atomic E-state index is 13.9. The van der Waals surface area contributed by atoms with E-state index in [1.807, 2.05) is 11.0 Å². The fraction of sp³-hybridized carbons (Fsp3) is 0.483. The van der Waals surface area contributed by atoms with Crippen LogP contribution < -0.4 is 4.74 Å². The van der Waals surface area contributed by atoms with Gasteiger partial charge in [0.15, 0.2) is 0 Å². The van der Waals surface area contributed by atoms with E-state index in [4.69, 9.17) is 9.47 Å². The first kappa shape index (κ1) is 23.9. The molecule has 6 nitrogen and oxygen atoms in total. The zero-order valence-electron chi connectivity index (χ0n) is 21.4. The van der Waals surface area contributed by atoms with Gasteiger partial charge in [-0.2, -0.15) is 0 Å². The Morgan fingerprint density at radius 3 is 2.43 bits per heavy atom. The van der Waals surface area contributed by atoms with E-state index in [9.17, 15) is 4.79 Å². The molecule has 1 spiro atoms. The number of ether oxygens (including phenoxy) is 2. The van der Waals surface area contributed by atoms with Gasteiger partial charge in [-0.15, -0.1) is 0 Å². The van der Waals surface area contributed by atoms with Crippen molar-refractivity contribution in [3.05, 3.63) is 77.0 Å². The lowest BCUT2D eigenvalue weighted by Gasteiger charge is -2.45. The number of likely N-dealkylation sites (tertiary alicyclic amines) is 1. The Labute approximate surface area is 209 Å². The molecule has 186 valence electrons. The van der Waals surface area contributed by atoms with Gasteiger partial charge in [-0.1, -0.05) is 56.3 Å². The molecule has 2 amide bonds. The fourth-order valence-electron chi connectivity index (χ4n) is 6.17. The quantitative estimate of drug-likeness (QED) is 0.603. The molecular formula is C29H37N3O3. The number of amides is 2. The van der Waals surface area contributed by atoms with Crippen LogP contribution in [0.15, 0.2) is 60.3 Å². The molecule has 3 aliphatic rings. The number of carbonyl (C=O) groups is 1. The minimum absolute atomic E-state index is 0.0938. The number of urea groups is 1. The number of rotatable bonds is 6. The molecule has 6 heteroatoms. The van der Waals surface area contributed by atoms with Crippen molar-refractivity contribution >= 4 is 6.03 Å². The minimum Gasteiger partial charge on any atom is -0.497 e. The molecule has 35 heavy (non-hydrogen) atoms. The molecule has 0 saturated carbocycles. The average molecular weight is 476 g/mol. The summed E-state index contributed by atoms with van der Waals surface area (Å²) < 4.78 is 11.0. The number of allylic oxidation sites excluding steroid dienone is 1. The van der Waals surface area contributed by atoms with Crippen molar-refractivity contribution in [2.75, 3.05) is 40.5 Å². The molecule has 0 aliphatic carbocycles. The monoisotopic (exact) mass is 475 g/mol. The Hall–Kier alpha value is -2.83. The molecular weight excluding hydrogens is 438 g/mol. The highest BCUT2D eigenvalue weighted by molar-refractivity contribution is 5.83. The first-order valence-corrected chi connectivity index (χ1v) is 12.6. The van der Waals surface area contributed by atoms with E-state index in [2.05, 4.69) is 72.2 Å². The largest absolute Gasteiger partial charge is 0.497 e. The number of carbonyl (C=O) groups excluding carboxylic acids is 1. The van der Waals surface area contributed by atoms with Crippen LogP contribution in [0.25, 0.3) is 0 Å². The van der Waals surface area contributed by atoms with Gasteiger partial charge in [0.2, 0.25) is 0 Å². The maximum Gasteiger partial charge on any atom is 0.325 e. The molecule has 2 saturated heterocycles. The number of hydrogen-bond donors (Lipinski definition) is 0. The molecule has 3 aliphatic heterocycles. The second-order valence-corrected chi connectivity index (χ2v) is 10.6. The molecule has 0 aromatic heterocycles. The van der Waals surface area contributed by atoms with E-state index in [1.54, 1.807) is 14.2 Å². The second kappa shape index (κ2) is 9.32. The normalized spacial score (nSPS) is 20.9. The van der Waals surface area contributed by atoms with Crippen LogP contribution in [-0.2, 0) is 23.2 Å². The van der Waals surface area contributed by atoms with Crippen LogP contribution >= 0.6 is 0 Å². The summed E-state index contributed by atoms with van der Waals surface area (Å²) in [6.07, 6.45) is 4.21. The van der Waals surface area contributed by atoms with Crippen LogP contribution in [0.2, 0.25) is 0 Å². The predicted molar refractivity (Wildman–Crippen MR) is 137 cm³/mol. The van der Waals surface area contributed by atoms with E-state index in [1.165, 1.54) is 11.1 Å². The van der Waals surface area contributed by atoms with Gasteiger partial charge in [-0.25, -0.2) is 4.79 Å². The number of benzene rings is 2. The van der Waals surface area contributed by atoms with Gasteiger partial charge >= 0.3 is 6.03 Å². The SMILES string of the molecule is COCCN1C(=O)N2Cc3cc(OC)ccc3C(C)(C)C=C2C12CCN(Cc1ccccc1)CC2. The summed E-state index contributed by atoms with van der Waals surface area (Å²) in [5, 5.41) is 0. The first-order valence-electron chi connectivity index (χ1n) is 12.6. The number of methoxy groups -OCH3 is 2. The van der Waals surface area contributed by atoms with Crippen molar-refractivity contribution in [2.45, 2.75) is 50.7 Å². The Balaban J connectivity index is 1.49. The van der Waals surface area contributed by atoms with E-state index in [0.717, 1.165) is 49.5 Å². The molecule has 2 aromatic carbocycles. The molecule has 2 fully saturated rings. The van der Waals surface area contributed by atoms with Crippen LogP contribution in [0.1, 0.15) is 43.4 Å². The summed E-state index contributed by atoms with van der Waals surface area (Å²) in [5.41, 5.74) is 4.41. The molecule has 0 radical (unpaired) electrons. The zero-order chi connectivity index (χ0) is 24.6. The molecule has 0 unspecified atom stereocenters. The summed E-state index contributed by atoms with van der Waals surface area (Å²) in [5.74, 6) is 0.829. The first-order chi connectivity index (χ1) is 16.9. The number of hydrogen-bond acceptors (Lipinski definition) is 4. The van der Waals surface area contributed by atoms with Crippen LogP contribution in [0.4, 0.5) is 4.79 Å². The molecule has 5 rings (SSSR count). The summed E-state index contributed by atoms with van der Waals surface area (Å²) in [4.78, 5) is 20.6. The van der Waals surface area contributed by atoms with Gasteiger partial charge in [-0.05, 0) is 41.7 Å². The van der Waals surface area contributed by atoms with Crippen molar-refractivity contribution in [3.8, 4) is 5.75 Å². The molecule has 2 aromatic rings. The zero-order valence-corrected chi connectivity index (χ0v) is 21.4. The molecule has 0 N–H and O–H groups in total. The smallest absolute Gasteiger partial charge is 0.325 e. The maximum atomic E-state index is 13.9. The fourth-order valence-corrected chi connectivity index (χ4v) is 6.17. The van der Waals surface area contributed by atoms with E-state index in [0.29, 0.717) is 19.7 Å². The lowest BCUT2D eigenvalue weighted by Crippen LogP contribution is -2.54. The lowest BCUT2D eigenvalue weighted by atomic mass is 9.77. The van der Waals surface area contributed by atoms with Crippen molar-refractivity contribution in [1.82, 2.24) is 14.7 Å². The van der Waals surface area contributed by atoms with Gasteiger partial charge < -0.3 is 14.4 Å². The third-order valence-electron chi connectivity index (χ3n) is 8.03. The minimum atomic E-state index is -0.299. The van der Waals surface area contributed by atoms with Crippen LogP contribution in [0.3, 0.4) is 0 Å². The van der Waals surface area contributed by atoms with Gasteiger partial charge in [0, 0.05) is 44.4 Å². The second-order valence-electron chi connectivity index (χ2n) is 10.6. The Morgan fingerprint density at radius 1 is 1.00 bits per heavy atom. The highest BCUT2D eigenvalue weighted by atomic mass is 16.5. The van der Waals surface area contributed by atoms with Gasteiger partial charge in [0.1, 0.15) is 5.75 Å². The Bertz CT molecular complexity index is 1100. The van der Waals surface area contributed by atoms with Crippen LogP contribution in [0, 0.1) is 0 Å². The number of piperidine rings is 1. The van der Waals surface area contributed by atoms with E-state index in [-0.39, 0.29) is 17.0 Å². The topological polar surface area (TPSA) is 45.3 Å². The van der Waals surface area contributed by atoms with Crippen molar-refractivity contribution in [2.24, 2.45) is 0 Å². The van der Waals surface area contributed by atoms with Crippen molar-refractivity contribution in [1.29, 1.82) is 0 Å². The lowest BCUT2D eigenvalue weighted by molar-refractivity contribution is 0.0668. The summed E-state index contributed by atoms with van der Waals surface area (Å²) in [6, 6.07) is 17.0. The standard InChI is InChI=1S/C29H37N3O3/c1-28(2)19-26-29(12-14-30(15-13-29)20-22-8-6-5-7-9-22)32(16-17-34-3)27(33)31(26)21-23-18-24(35-4)10-11-25(23)28/h5-11,18-19H,12-17,20-21H2,1-4H3. The third kappa shape index (κ3) is 4.23. The van der Waals surface area contributed by atoms with Crippen molar-refractivity contribution < 1.29 is 14.3 Å².